The Morgan fingerprint density at radius 2 is 2.18 bits per heavy atom. The lowest BCUT2D eigenvalue weighted by atomic mass is 9.79. The molecule has 1 aromatic rings. The maximum atomic E-state index is 10.2. The summed E-state index contributed by atoms with van der Waals surface area (Å²) in [6.07, 6.45) is 2.78. The lowest BCUT2D eigenvalue weighted by Crippen LogP contribution is -2.25. The Hall–Kier alpha value is -0.730. The van der Waals surface area contributed by atoms with Crippen LogP contribution in [0.15, 0.2) is 35.7 Å². The molecule has 2 heteroatoms. The van der Waals surface area contributed by atoms with Gasteiger partial charge in [-0.15, -0.1) is 11.8 Å². The number of thioether (sulfide) groups is 1. The molecule has 0 radical (unpaired) electrons. The zero-order valence-electron chi connectivity index (χ0n) is 10.8. The largest absolute Gasteiger partial charge is 0.381 e. The Labute approximate surface area is 108 Å². The molecule has 92 valence electrons. The highest BCUT2D eigenvalue weighted by Gasteiger charge is 2.30. The summed E-state index contributed by atoms with van der Waals surface area (Å²) in [6.45, 7) is 10.0. The second-order valence-corrected chi connectivity index (χ2v) is 6.68. The van der Waals surface area contributed by atoms with E-state index in [1.54, 1.807) is 13.0 Å². The number of hydrogen-bond acceptors (Lipinski definition) is 2. The highest BCUT2D eigenvalue weighted by molar-refractivity contribution is 7.99. The monoisotopic (exact) mass is 248 g/mol. The first-order valence-electron chi connectivity index (χ1n) is 6.00. The van der Waals surface area contributed by atoms with Crippen LogP contribution in [0.1, 0.15) is 38.3 Å². The Bertz CT molecular complexity index is 446. The van der Waals surface area contributed by atoms with Gasteiger partial charge in [0.25, 0.3) is 0 Å². The van der Waals surface area contributed by atoms with Crippen LogP contribution in [0.2, 0.25) is 0 Å². The molecule has 1 heterocycles. The lowest BCUT2D eigenvalue weighted by Gasteiger charge is -2.33. The quantitative estimate of drug-likeness (QED) is 0.802. The molecule has 17 heavy (non-hydrogen) atoms. The van der Waals surface area contributed by atoms with E-state index in [2.05, 4.69) is 32.6 Å². The van der Waals surface area contributed by atoms with E-state index in [4.69, 9.17) is 0 Å². The van der Waals surface area contributed by atoms with Crippen molar-refractivity contribution in [3.05, 3.63) is 42.0 Å². The first-order chi connectivity index (χ1) is 7.87. The molecule has 0 aliphatic carbocycles. The highest BCUT2D eigenvalue weighted by atomic mass is 32.2. The molecule has 0 fully saturated rings. The Morgan fingerprint density at radius 1 is 1.47 bits per heavy atom. The van der Waals surface area contributed by atoms with Crippen LogP contribution in [0.25, 0.3) is 0 Å². The van der Waals surface area contributed by atoms with Gasteiger partial charge in [0.15, 0.2) is 0 Å². The van der Waals surface area contributed by atoms with Crippen molar-refractivity contribution < 1.29 is 5.11 Å². The van der Waals surface area contributed by atoms with Gasteiger partial charge in [0, 0.05) is 4.90 Å². The molecule has 1 N–H and O–H groups in total. The third-order valence-corrected chi connectivity index (χ3v) is 4.75. The van der Waals surface area contributed by atoms with Crippen LogP contribution in [0, 0.1) is 0 Å². The van der Waals surface area contributed by atoms with Crippen LogP contribution < -0.4 is 0 Å². The van der Waals surface area contributed by atoms with Crippen LogP contribution in [0.3, 0.4) is 0 Å². The molecule has 0 amide bonds. The van der Waals surface area contributed by atoms with Gasteiger partial charge in [0.05, 0.1) is 0 Å². The number of fused-ring (bicyclic) bond motifs is 1. The predicted octanol–water partition coefficient (Wildman–Crippen LogP) is 3.85. The summed E-state index contributed by atoms with van der Waals surface area (Å²) in [4.78, 5) is 1.35. The van der Waals surface area contributed by atoms with Crippen LogP contribution in [-0.2, 0) is 11.0 Å². The topological polar surface area (TPSA) is 20.2 Å². The first kappa shape index (κ1) is 12.7. The summed E-state index contributed by atoms with van der Waals surface area (Å²) in [5.41, 5.74) is 1.55. The normalized spacial score (nSPS) is 21.4. The van der Waals surface area contributed by atoms with E-state index >= 15 is 0 Å². The fourth-order valence-electron chi connectivity index (χ4n) is 2.17. The third-order valence-electron chi connectivity index (χ3n) is 3.68. The van der Waals surface area contributed by atoms with Gasteiger partial charge >= 0.3 is 0 Å². The SMILES string of the molecule is C=C[C@](C)(O)c1ccc2c(c1)C(C)(C)CCS2. The molecular weight excluding hydrogens is 228 g/mol. The minimum absolute atomic E-state index is 0.202. The average Bonchev–Trinajstić information content (AvgIpc) is 2.28. The summed E-state index contributed by atoms with van der Waals surface area (Å²) in [5, 5.41) is 10.2. The Kier molecular flexibility index (Phi) is 3.13. The zero-order chi connectivity index (χ0) is 12.7. The summed E-state index contributed by atoms with van der Waals surface area (Å²) in [6, 6.07) is 6.28. The smallest absolute Gasteiger partial charge is 0.105 e. The maximum absolute atomic E-state index is 10.2. The molecule has 1 atom stereocenters. The van der Waals surface area contributed by atoms with Gasteiger partial charge in [-0.05, 0) is 41.7 Å². The molecule has 1 aliphatic heterocycles. The fourth-order valence-corrected chi connectivity index (χ4v) is 3.66. The van der Waals surface area contributed by atoms with Crippen molar-refractivity contribution in [3.8, 4) is 0 Å². The van der Waals surface area contributed by atoms with Crippen molar-refractivity contribution in [2.75, 3.05) is 5.75 Å². The van der Waals surface area contributed by atoms with Gasteiger partial charge in [-0.2, -0.15) is 0 Å². The molecular formula is C15H20OS. The van der Waals surface area contributed by atoms with Crippen molar-refractivity contribution >= 4 is 11.8 Å². The van der Waals surface area contributed by atoms with Crippen molar-refractivity contribution in [1.29, 1.82) is 0 Å². The van der Waals surface area contributed by atoms with Gasteiger partial charge in [-0.3, -0.25) is 0 Å². The van der Waals surface area contributed by atoms with Crippen LogP contribution in [-0.4, -0.2) is 10.9 Å². The fraction of sp³-hybridized carbons (Fsp3) is 0.467. The standard InChI is InChI=1S/C15H20OS/c1-5-15(4,16)11-6-7-13-12(10-11)14(2,3)8-9-17-13/h5-7,10,16H,1,8-9H2,2-4H3/t15-/m0/s1. The van der Waals surface area contributed by atoms with Crippen LogP contribution in [0.5, 0.6) is 0 Å². The molecule has 1 nitrogen and oxygen atoms in total. The van der Waals surface area contributed by atoms with Crippen molar-refractivity contribution in [1.82, 2.24) is 0 Å². The molecule has 2 rings (SSSR count). The van der Waals surface area contributed by atoms with Crippen molar-refractivity contribution in [3.63, 3.8) is 0 Å². The van der Waals surface area contributed by atoms with Crippen molar-refractivity contribution in [2.24, 2.45) is 0 Å². The molecule has 0 spiro atoms. The second-order valence-electron chi connectivity index (χ2n) is 5.54. The number of aliphatic hydroxyl groups is 1. The third kappa shape index (κ3) is 2.29. The highest BCUT2D eigenvalue weighted by Crippen LogP contribution is 2.42. The number of rotatable bonds is 2. The minimum atomic E-state index is -0.937. The summed E-state index contributed by atoms with van der Waals surface area (Å²) in [7, 11) is 0. The Morgan fingerprint density at radius 3 is 2.82 bits per heavy atom. The molecule has 0 unspecified atom stereocenters. The lowest BCUT2D eigenvalue weighted by molar-refractivity contribution is 0.111. The maximum Gasteiger partial charge on any atom is 0.105 e. The summed E-state index contributed by atoms with van der Waals surface area (Å²) in [5.74, 6) is 1.18. The van der Waals surface area contributed by atoms with E-state index in [1.165, 1.54) is 22.6 Å². The molecule has 1 aromatic carbocycles. The zero-order valence-corrected chi connectivity index (χ0v) is 11.6. The second kappa shape index (κ2) is 4.18. The molecule has 0 saturated heterocycles. The van der Waals surface area contributed by atoms with E-state index in [0.29, 0.717) is 0 Å². The van der Waals surface area contributed by atoms with E-state index in [0.717, 1.165) is 5.56 Å². The Balaban J connectivity index is 2.52. The summed E-state index contributed by atoms with van der Waals surface area (Å²) >= 11 is 1.91. The van der Waals surface area contributed by atoms with E-state index < -0.39 is 5.60 Å². The van der Waals surface area contributed by atoms with Crippen molar-refractivity contribution in [2.45, 2.75) is 43.1 Å². The van der Waals surface area contributed by atoms with Gasteiger partial charge in [-0.25, -0.2) is 0 Å². The minimum Gasteiger partial charge on any atom is -0.381 e. The van der Waals surface area contributed by atoms with Gasteiger partial charge in [0.1, 0.15) is 5.60 Å². The van der Waals surface area contributed by atoms with Crippen LogP contribution >= 0.6 is 11.8 Å². The summed E-state index contributed by atoms with van der Waals surface area (Å²) < 4.78 is 0. The van der Waals surface area contributed by atoms with E-state index in [1.807, 2.05) is 17.8 Å². The first-order valence-corrected chi connectivity index (χ1v) is 6.99. The molecule has 0 saturated carbocycles. The number of hydrogen-bond donors (Lipinski definition) is 1. The van der Waals surface area contributed by atoms with E-state index in [9.17, 15) is 5.11 Å². The van der Waals surface area contributed by atoms with Gasteiger partial charge in [-0.1, -0.05) is 38.6 Å². The van der Waals surface area contributed by atoms with Gasteiger partial charge < -0.3 is 5.11 Å². The average molecular weight is 248 g/mol. The molecule has 0 aromatic heterocycles. The van der Waals surface area contributed by atoms with Gasteiger partial charge in [0.2, 0.25) is 0 Å². The van der Waals surface area contributed by atoms with Crippen LogP contribution in [0.4, 0.5) is 0 Å². The predicted molar refractivity (Wildman–Crippen MR) is 74.6 cm³/mol. The molecule has 0 bridgehead atoms. The molecule has 1 aliphatic rings. The number of benzene rings is 1. The van der Waals surface area contributed by atoms with E-state index in [-0.39, 0.29) is 5.41 Å².